The number of fused-ring (bicyclic) bond motifs is 1. The summed E-state index contributed by atoms with van der Waals surface area (Å²) in [5, 5.41) is 4.84. The Bertz CT molecular complexity index is 706. The van der Waals surface area contributed by atoms with Crippen molar-refractivity contribution in [1.29, 1.82) is 0 Å². The number of benzene rings is 1. The van der Waals surface area contributed by atoms with Crippen LogP contribution >= 0.6 is 0 Å². The maximum absolute atomic E-state index is 6.19. The van der Waals surface area contributed by atoms with E-state index < -0.39 is 0 Å². The van der Waals surface area contributed by atoms with E-state index in [1.54, 1.807) is 0 Å². The maximum atomic E-state index is 6.19. The van der Waals surface area contributed by atoms with Crippen molar-refractivity contribution in [3.05, 3.63) is 41.6 Å². The fourth-order valence-electron chi connectivity index (χ4n) is 4.70. The quantitative estimate of drug-likeness (QED) is 0.936. The molecular weight excluding hydrogens is 308 g/mol. The molecule has 134 valence electrons. The summed E-state index contributed by atoms with van der Waals surface area (Å²) in [5.41, 5.74) is 11.5. The molecule has 2 aromatic rings. The number of rotatable bonds is 3. The van der Waals surface area contributed by atoms with Gasteiger partial charge in [0.05, 0.1) is 5.69 Å². The summed E-state index contributed by atoms with van der Waals surface area (Å²) in [4.78, 5) is 2.66. The molecule has 1 aromatic heterocycles. The number of hydrogen-bond donors (Lipinski definition) is 1. The minimum Gasteiger partial charge on any atom is -0.328 e. The van der Waals surface area contributed by atoms with E-state index in [4.69, 9.17) is 10.8 Å². The first-order valence-corrected chi connectivity index (χ1v) is 9.79. The van der Waals surface area contributed by atoms with Crippen molar-refractivity contribution < 1.29 is 0 Å². The summed E-state index contributed by atoms with van der Waals surface area (Å²) < 4.78 is 2.11. The number of aryl methyl sites for hydroxylation is 1. The summed E-state index contributed by atoms with van der Waals surface area (Å²) in [6.07, 6.45) is 7.29. The van der Waals surface area contributed by atoms with Gasteiger partial charge in [-0.1, -0.05) is 36.8 Å². The molecule has 4 rings (SSSR count). The molecule has 2 aliphatic rings. The van der Waals surface area contributed by atoms with Crippen molar-refractivity contribution in [2.24, 2.45) is 18.7 Å². The van der Waals surface area contributed by atoms with Crippen LogP contribution < -0.4 is 5.73 Å². The molecule has 25 heavy (non-hydrogen) atoms. The van der Waals surface area contributed by atoms with Crippen molar-refractivity contribution >= 4 is 0 Å². The van der Waals surface area contributed by atoms with Crippen molar-refractivity contribution in [3.8, 4) is 11.3 Å². The summed E-state index contributed by atoms with van der Waals surface area (Å²) in [5.74, 6) is 0.789. The van der Waals surface area contributed by atoms with Crippen molar-refractivity contribution in [3.63, 3.8) is 0 Å². The molecule has 1 aliphatic carbocycles. The van der Waals surface area contributed by atoms with Gasteiger partial charge in [-0.3, -0.25) is 4.68 Å². The van der Waals surface area contributed by atoms with Crippen LogP contribution in [-0.2, 0) is 19.9 Å². The molecule has 4 heteroatoms. The Balaban J connectivity index is 1.49. The molecule has 2 atom stereocenters. The largest absolute Gasteiger partial charge is 0.328 e. The Morgan fingerprint density at radius 3 is 2.72 bits per heavy atom. The summed E-state index contributed by atoms with van der Waals surface area (Å²) >= 11 is 0. The van der Waals surface area contributed by atoms with Crippen molar-refractivity contribution in [2.45, 2.75) is 44.6 Å². The van der Waals surface area contributed by atoms with Gasteiger partial charge in [0.1, 0.15) is 0 Å². The van der Waals surface area contributed by atoms with Crippen LogP contribution in [-0.4, -0.2) is 40.4 Å². The van der Waals surface area contributed by atoms with E-state index >= 15 is 0 Å². The molecule has 2 heterocycles. The summed E-state index contributed by atoms with van der Waals surface area (Å²) in [6.45, 7) is 3.51. The predicted molar refractivity (Wildman–Crippen MR) is 102 cm³/mol. The van der Waals surface area contributed by atoms with Crippen molar-refractivity contribution in [1.82, 2.24) is 14.7 Å². The highest BCUT2D eigenvalue weighted by molar-refractivity contribution is 5.64. The Kier molecular flexibility index (Phi) is 4.91. The first-order chi connectivity index (χ1) is 12.2. The molecule has 4 nitrogen and oxygen atoms in total. The molecule has 0 amide bonds. The van der Waals surface area contributed by atoms with Crippen LogP contribution in [0.4, 0.5) is 0 Å². The SMILES string of the molecule is Cn1nc(-c2ccccc2)c2c1CCN(C[C@H]1CCC[C@H](N)C1)CC2. The lowest BCUT2D eigenvalue weighted by atomic mass is 9.86. The second-order valence-electron chi connectivity index (χ2n) is 7.86. The van der Waals surface area contributed by atoms with Gasteiger partial charge in [-0.2, -0.15) is 5.10 Å². The molecule has 1 saturated carbocycles. The molecule has 0 radical (unpaired) electrons. The van der Waals surface area contributed by atoms with E-state index in [9.17, 15) is 0 Å². The van der Waals surface area contributed by atoms with Gasteiger partial charge in [0.2, 0.25) is 0 Å². The minimum atomic E-state index is 0.428. The number of hydrogen-bond acceptors (Lipinski definition) is 3. The second kappa shape index (κ2) is 7.30. The average molecular weight is 338 g/mol. The second-order valence-corrected chi connectivity index (χ2v) is 7.86. The number of aromatic nitrogens is 2. The highest BCUT2D eigenvalue weighted by Gasteiger charge is 2.25. The third-order valence-corrected chi connectivity index (χ3v) is 6.00. The Labute approximate surface area is 151 Å². The predicted octanol–water partition coefficient (Wildman–Crippen LogP) is 3.01. The van der Waals surface area contributed by atoms with E-state index in [1.165, 1.54) is 54.7 Å². The standard InChI is InChI=1S/C21H30N4/c1-24-20-11-13-25(15-16-6-5-9-18(22)14-16)12-10-19(20)21(23-24)17-7-3-2-4-8-17/h2-4,7-8,16,18H,5-6,9-15,22H2,1H3/t16-,18-/m0/s1. The monoisotopic (exact) mass is 338 g/mol. The molecule has 1 aliphatic heterocycles. The van der Waals surface area contributed by atoms with Gasteiger partial charge in [0.25, 0.3) is 0 Å². The smallest absolute Gasteiger partial charge is 0.0958 e. The van der Waals surface area contributed by atoms with Crippen LogP contribution in [0.15, 0.2) is 30.3 Å². The van der Waals surface area contributed by atoms with E-state index in [0.717, 1.165) is 31.8 Å². The zero-order chi connectivity index (χ0) is 17.2. The molecule has 0 unspecified atom stereocenters. The highest BCUT2D eigenvalue weighted by atomic mass is 15.3. The van der Waals surface area contributed by atoms with Gasteiger partial charge in [-0.05, 0) is 31.6 Å². The van der Waals surface area contributed by atoms with Gasteiger partial charge >= 0.3 is 0 Å². The van der Waals surface area contributed by atoms with Crippen LogP contribution in [0.2, 0.25) is 0 Å². The van der Waals surface area contributed by atoms with Gasteiger partial charge in [0, 0.05) is 56.0 Å². The Morgan fingerprint density at radius 1 is 1.12 bits per heavy atom. The molecule has 1 aromatic carbocycles. The lowest BCUT2D eigenvalue weighted by Crippen LogP contribution is -2.37. The van der Waals surface area contributed by atoms with Crippen molar-refractivity contribution in [2.75, 3.05) is 19.6 Å². The van der Waals surface area contributed by atoms with E-state index in [-0.39, 0.29) is 0 Å². The van der Waals surface area contributed by atoms with E-state index in [1.807, 2.05) is 0 Å². The van der Waals surface area contributed by atoms with E-state index in [2.05, 4.69) is 47.0 Å². The fourth-order valence-corrected chi connectivity index (χ4v) is 4.70. The lowest BCUT2D eigenvalue weighted by molar-refractivity contribution is 0.198. The molecule has 2 N–H and O–H groups in total. The van der Waals surface area contributed by atoms with E-state index in [0.29, 0.717) is 6.04 Å². The normalized spacial score (nSPS) is 24.7. The molecule has 0 spiro atoms. The fraction of sp³-hybridized carbons (Fsp3) is 0.571. The zero-order valence-corrected chi connectivity index (χ0v) is 15.3. The van der Waals surface area contributed by atoms with Crippen LogP contribution in [0.25, 0.3) is 11.3 Å². The molecular formula is C21H30N4. The topological polar surface area (TPSA) is 47.1 Å². The molecule has 0 saturated heterocycles. The lowest BCUT2D eigenvalue weighted by Gasteiger charge is -2.31. The Hall–Kier alpha value is -1.65. The first-order valence-electron chi connectivity index (χ1n) is 9.79. The third kappa shape index (κ3) is 3.65. The van der Waals surface area contributed by atoms with Crippen LogP contribution in [0.3, 0.4) is 0 Å². The Morgan fingerprint density at radius 2 is 1.92 bits per heavy atom. The van der Waals surface area contributed by atoms with Crippen LogP contribution in [0, 0.1) is 5.92 Å². The average Bonchev–Trinajstić information content (AvgIpc) is 2.79. The molecule has 1 fully saturated rings. The third-order valence-electron chi connectivity index (χ3n) is 6.00. The first kappa shape index (κ1) is 16.8. The van der Waals surface area contributed by atoms with Gasteiger partial charge in [0.15, 0.2) is 0 Å². The highest BCUT2D eigenvalue weighted by Crippen LogP contribution is 2.29. The minimum absolute atomic E-state index is 0.428. The van der Waals surface area contributed by atoms with Crippen LogP contribution in [0.5, 0.6) is 0 Å². The number of nitrogens with two attached hydrogens (primary N) is 1. The maximum Gasteiger partial charge on any atom is 0.0958 e. The number of nitrogens with zero attached hydrogens (tertiary/aromatic N) is 3. The van der Waals surface area contributed by atoms with Crippen LogP contribution in [0.1, 0.15) is 36.9 Å². The summed E-state index contributed by atoms with van der Waals surface area (Å²) in [6, 6.07) is 11.1. The zero-order valence-electron chi connectivity index (χ0n) is 15.3. The van der Waals surface area contributed by atoms with Gasteiger partial charge in [-0.15, -0.1) is 0 Å². The summed E-state index contributed by atoms with van der Waals surface area (Å²) in [7, 11) is 2.10. The van der Waals surface area contributed by atoms with Gasteiger partial charge < -0.3 is 10.6 Å². The van der Waals surface area contributed by atoms with Gasteiger partial charge in [-0.25, -0.2) is 0 Å². The molecule has 0 bridgehead atoms.